The van der Waals surface area contributed by atoms with E-state index in [0.717, 1.165) is 40.4 Å². The van der Waals surface area contributed by atoms with Crippen LogP contribution in [0, 0.1) is 6.92 Å². The lowest BCUT2D eigenvalue weighted by Crippen LogP contribution is -2.31. The van der Waals surface area contributed by atoms with E-state index >= 15 is 0 Å². The number of rotatable bonds is 3. The quantitative estimate of drug-likeness (QED) is 0.850. The summed E-state index contributed by atoms with van der Waals surface area (Å²) in [5.74, 6) is 1.74. The van der Waals surface area contributed by atoms with Crippen LogP contribution >= 0.6 is 0 Å². The molecule has 3 aliphatic rings. The van der Waals surface area contributed by atoms with Crippen molar-refractivity contribution in [3.8, 4) is 17.4 Å². The number of anilines is 1. The third-order valence-corrected chi connectivity index (χ3v) is 5.09. The van der Waals surface area contributed by atoms with E-state index in [4.69, 9.17) is 9.47 Å². The summed E-state index contributed by atoms with van der Waals surface area (Å²) in [6, 6.07) is 3.39. The van der Waals surface area contributed by atoms with Gasteiger partial charge in [-0.05, 0) is 31.4 Å². The van der Waals surface area contributed by atoms with Crippen molar-refractivity contribution in [2.45, 2.75) is 25.2 Å². The molecule has 0 atom stereocenters. The highest BCUT2D eigenvalue weighted by Gasteiger charge is 2.53. The number of nitrogens with zero attached hydrogens (tertiary/aromatic N) is 3. The lowest BCUT2D eigenvalue weighted by molar-refractivity contribution is -0.115. The molecular weight excluding hydrogens is 336 g/mol. The number of fused-ring (bicyclic) bond motifs is 2. The molecule has 1 spiro atoms. The van der Waals surface area contributed by atoms with Crippen LogP contribution in [-0.4, -0.2) is 35.1 Å². The average Bonchev–Trinajstić information content (AvgIpc) is 3.20. The molecule has 1 saturated carbocycles. The van der Waals surface area contributed by atoms with Crippen LogP contribution in [0.1, 0.15) is 24.0 Å². The van der Waals surface area contributed by atoms with Gasteiger partial charge in [-0.2, -0.15) is 0 Å². The summed E-state index contributed by atoms with van der Waals surface area (Å²) in [4.78, 5) is 32.7. The summed E-state index contributed by atoms with van der Waals surface area (Å²) in [6.07, 6.45) is 4.96. The van der Waals surface area contributed by atoms with Crippen molar-refractivity contribution in [3.05, 3.63) is 35.7 Å². The predicted molar refractivity (Wildman–Crippen MR) is 90.6 cm³/mol. The van der Waals surface area contributed by atoms with Gasteiger partial charge < -0.3 is 14.8 Å². The minimum Gasteiger partial charge on any atom is -0.492 e. The molecule has 1 saturated heterocycles. The van der Waals surface area contributed by atoms with Crippen LogP contribution < -0.4 is 19.7 Å². The zero-order valence-corrected chi connectivity index (χ0v) is 14.1. The third-order valence-electron chi connectivity index (χ3n) is 5.09. The maximum atomic E-state index is 11.7. The van der Waals surface area contributed by atoms with E-state index in [1.165, 1.54) is 12.4 Å². The van der Waals surface area contributed by atoms with Crippen LogP contribution in [0.5, 0.6) is 17.4 Å². The first-order valence-electron chi connectivity index (χ1n) is 8.45. The van der Waals surface area contributed by atoms with Gasteiger partial charge in [-0.3, -0.25) is 4.79 Å². The molecular formula is C18H16N4O4. The zero-order valence-electron chi connectivity index (χ0n) is 14.1. The number of hydrogen-bond donors (Lipinski definition) is 1. The van der Waals surface area contributed by atoms with E-state index in [2.05, 4.69) is 15.3 Å². The second-order valence-electron chi connectivity index (χ2n) is 6.86. The van der Waals surface area contributed by atoms with Crippen LogP contribution in [-0.2, 0) is 10.2 Å². The number of ether oxygens (including phenoxy) is 2. The van der Waals surface area contributed by atoms with Crippen LogP contribution in [0.15, 0.2) is 24.5 Å². The monoisotopic (exact) mass is 352 g/mol. The Labute approximate surface area is 149 Å². The summed E-state index contributed by atoms with van der Waals surface area (Å²) in [5, 5.41) is 2.45. The molecule has 2 fully saturated rings. The molecule has 2 aromatic rings. The molecule has 26 heavy (non-hydrogen) atoms. The van der Waals surface area contributed by atoms with E-state index in [-0.39, 0.29) is 23.7 Å². The molecule has 5 rings (SSSR count). The number of aromatic nitrogens is 2. The van der Waals surface area contributed by atoms with E-state index in [1.54, 1.807) is 0 Å². The highest BCUT2D eigenvalue weighted by Crippen LogP contribution is 2.59. The molecule has 0 bridgehead atoms. The number of carbonyl (C=O) groups excluding carboxylic acids is 2. The summed E-state index contributed by atoms with van der Waals surface area (Å²) >= 11 is 0. The molecule has 1 aliphatic carbocycles. The van der Waals surface area contributed by atoms with Gasteiger partial charge in [0.1, 0.15) is 11.5 Å². The Morgan fingerprint density at radius 3 is 2.73 bits per heavy atom. The summed E-state index contributed by atoms with van der Waals surface area (Å²) in [7, 11) is 0. The maximum Gasteiger partial charge on any atom is 0.330 e. The lowest BCUT2D eigenvalue weighted by Gasteiger charge is -2.14. The molecule has 8 nitrogen and oxygen atoms in total. The smallest absolute Gasteiger partial charge is 0.330 e. The second-order valence-corrected chi connectivity index (χ2v) is 6.86. The Morgan fingerprint density at radius 2 is 2.08 bits per heavy atom. The first kappa shape index (κ1) is 15.1. The Hall–Kier alpha value is -3.16. The van der Waals surface area contributed by atoms with Crippen molar-refractivity contribution in [2.24, 2.45) is 0 Å². The molecule has 1 aromatic heterocycles. The highest BCUT2D eigenvalue weighted by atomic mass is 16.5. The second kappa shape index (κ2) is 5.17. The van der Waals surface area contributed by atoms with Gasteiger partial charge in [0.25, 0.3) is 5.91 Å². The van der Waals surface area contributed by atoms with E-state index in [0.29, 0.717) is 12.5 Å². The van der Waals surface area contributed by atoms with E-state index < -0.39 is 6.03 Å². The minimum absolute atomic E-state index is 0.0314. The number of amides is 3. The first-order chi connectivity index (χ1) is 12.6. The molecule has 1 aromatic carbocycles. The van der Waals surface area contributed by atoms with Crippen LogP contribution in [0.4, 0.5) is 10.6 Å². The van der Waals surface area contributed by atoms with Crippen molar-refractivity contribution < 1.29 is 19.1 Å². The normalized spacial score (nSPS) is 19.3. The fraction of sp³-hybridized carbons (Fsp3) is 0.333. The van der Waals surface area contributed by atoms with E-state index in [9.17, 15) is 9.59 Å². The number of imide groups is 1. The van der Waals surface area contributed by atoms with Crippen molar-refractivity contribution in [3.63, 3.8) is 0 Å². The summed E-state index contributed by atoms with van der Waals surface area (Å²) in [6.45, 7) is 2.69. The SMILES string of the molecule is Cc1ccc(Oc2cnc(N3C(=O)CNC3=O)cn2)c2c1OCC21CC1. The largest absolute Gasteiger partial charge is 0.492 e. The molecule has 3 amide bonds. The van der Waals surface area contributed by atoms with Gasteiger partial charge in [-0.15, -0.1) is 0 Å². The van der Waals surface area contributed by atoms with Gasteiger partial charge >= 0.3 is 6.03 Å². The predicted octanol–water partition coefficient (Wildman–Crippen LogP) is 2.06. The fourth-order valence-corrected chi connectivity index (χ4v) is 3.51. The molecule has 2 aliphatic heterocycles. The zero-order chi connectivity index (χ0) is 17.9. The van der Waals surface area contributed by atoms with Gasteiger partial charge in [-0.25, -0.2) is 19.7 Å². The van der Waals surface area contributed by atoms with Crippen LogP contribution in [0.25, 0.3) is 0 Å². The average molecular weight is 352 g/mol. The van der Waals surface area contributed by atoms with Gasteiger partial charge in [-0.1, -0.05) is 6.07 Å². The third kappa shape index (κ3) is 2.15. The standard InChI is InChI=1S/C18H16N4O4/c1-10-2-3-11(15-16(10)25-9-18(15)4-5-18)26-13-7-19-12(6-20-13)22-14(23)8-21-17(22)24/h2-3,6-7H,4-5,8-9H2,1H3,(H,21,24). The Balaban J connectivity index is 1.44. The van der Waals surface area contributed by atoms with E-state index in [1.807, 2.05) is 19.1 Å². The van der Waals surface area contributed by atoms with Crippen molar-refractivity contribution >= 4 is 17.8 Å². The summed E-state index contributed by atoms with van der Waals surface area (Å²) < 4.78 is 11.9. The van der Waals surface area contributed by atoms with Crippen molar-refractivity contribution in [1.29, 1.82) is 0 Å². The van der Waals surface area contributed by atoms with Crippen molar-refractivity contribution in [1.82, 2.24) is 15.3 Å². The highest BCUT2D eigenvalue weighted by molar-refractivity contribution is 6.19. The number of nitrogens with one attached hydrogen (secondary N) is 1. The maximum absolute atomic E-state index is 11.7. The number of urea groups is 1. The number of aryl methyl sites for hydroxylation is 1. The molecule has 1 N–H and O–H groups in total. The molecule has 0 radical (unpaired) electrons. The number of benzene rings is 1. The molecule has 0 unspecified atom stereocenters. The van der Waals surface area contributed by atoms with Gasteiger partial charge in [0.2, 0.25) is 5.88 Å². The van der Waals surface area contributed by atoms with Crippen molar-refractivity contribution in [2.75, 3.05) is 18.1 Å². The van der Waals surface area contributed by atoms with Gasteiger partial charge in [0.05, 0.1) is 25.5 Å². The van der Waals surface area contributed by atoms with Crippen LogP contribution in [0.2, 0.25) is 0 Å². The fourth-order valence-electron chi connectivity index (χ4n) is 3.51. The Bertz CT molecular complexity index is 921. The van der Waals surface area contributed by atoms with Gasteiger partial charge in [0, 0.05) is 11.0 Å². The molecule has 3 heterocycles. The number of hydrogen-bond acceptors (Lipinski definition) is 6. The molecule has 132 valence electrons. The minimum atomic E-state index is -0.498. The van der Waals surface area contributed by atoms with Crippen LogP contribution in [0.3, 0.4) is 0 Å². The topological polar surface area (TPSA) is 93.7 Å². The lowest BCUT2D eigenvalue weighted by atomic mass is 9.95. The van der Waals surface area contributed by atoms with Gasteiger partial charge in [0.15, 0.2) is 5.82 Å². The molecule has 8 heteroatoms. The summed E-state index contributed by atoms with van der Waals surface area (Å²) in [5.41, 5.74) is 2.28. The Kier molecular flexibility index (Phi) is 3.01. The first-order valence-corrected chi connectivity index (χ1v) is 8.45. The number of carbonyl (C=O) groups is 2. The Morgan fingerprint density at radius 1 is 1.23 bits per heavy atom.